The average Bonchev–Trinajstić information content (AvgIpc) is 2.38. The number of aromatic hydroxyl groups is 1. The molecule has 0 spiro atoms. The summed E-state index contributed by atoms with van der Waals surface area (Å²) in [5.74, 6) is -0.174. The number of rotatable bonds is 5. The number of hydrogen-bond donors (Lipinski definition) is 3. The van der Waals surface area contributed by atoms with Crippen molar-refractivity contribution in [3.8, 4) is 17.6 Å². The molecule has 0 saturated carbocycles. The molecule has 0 radical (unpaired) electrons. The van der Waals surface area contributed by atoms with E-state index in [1.165, 1.54) is 19.2 Å². The Morgan fingerprint density at radius 2 is 2.11 bits per heavy atom. The van der Waals surface area contributed by atoms with Crippen LogP contribution in [0.3, 0.4) is 0 Å². The van der Waals surface area contributed by atoms with Crippen molar-refractivity contribution in [2.75, 3.05) is 12.4 Å². The first-order valence-corrected chi connectivity index (χ1v) is 6.40. The Morgan fingerprint density at radius 3 is 2.61 bits per heavy atom. The Bertz CT molecular complexity index is 458. The molecule has 5 nitrogen and oxygen atoms in total. The third-order valence-corrected chi connectivity index (χ3v) is 3.00. The Balaban J connectivity index is 3.18. The van der Waals surface area contributed by atoms with Gasteiger partial charge in [-0.05, 0) is 12.5 Å². The number of aliphatic hydroxyl groups is 2. The normalized spacial score (nSPS) is 13.7. The summed E-state index contributed by atoms with van der Waals surface area (Å²) in [6.07, 6.45) is -1.99. The van der Waals surface area contributed by atoms with Crippen molar-refractivity contribution >= 4 is 15.9 Å². The van der Waals surface area contributed by atoms with E-state index in [0.29, 0.717) is 11.8 Å². The lowest BCUT2D eigenvalue weighted by atomic mass is 9.99. The summed E-state index contributed by atoms with van der Waals surface area (Å²) >= 11 is 3.15. The summed E-state index contributed by atoms with van der Waals surface area (Å²) in [4.78, 5) is 0. The van der Waals surface area contributed by atoms with Crippen LogP contribution in [0.4, 0.5) is 0 Å². The predicted molar refractivity (Wildman–Crippen MR) is 68.8 cm³/mol. The predicted octanol–water partition coefficient (Wildman–Crippen LogP) is 1.45. The highest BCUT2D eigenvalue weighted by molar-refractivity contribution is 9.09. The molecule has 18 heavy (non-hydrogen) atoms. The van der Waals surface area contributed by atoms with Gasteiger partial charge < -0.3 is 20.1 Å². The monoisotopic (exact) mass is 315 g/mol. The van der Waals surface area contributed by atoms with E-state index < -0.39 is 12.2 Å². The molecule has 2 atom stereocenters. The van der Waals surface area contributed by atoms with Crippen LogP contribution in [0.1, 0.15) is 23.7 Å². The summed E-state index contributed by atoms with van der Waals surface area (Å²) in [7, 11) is 1.35. The number of halogens is 1. The van der Waals surface area contributed by atoms with Gasteiger partial charge in [0.25, 0.3) is 0 Å². The number of phenolic OH excluding ortho intramolecular Hbond substituents is 1. The molecule has 0 bridgehead atoms. The number of ether oxygens (including phenoxy) is 1. The van der Waals surface area contributed by atoms with Crippen LogP contribution in [0.25, 0.3) is 0 Å². The Morgan fingerprint density at radius 1 is 1.44 bits per heavy atom. The van der Waals surface area contributed by atoms with Crippen LogP contribution in [-0.2, 0) is 0 Å². The molecule has 6 heteroatoms. The van der Waals surface area contributed by atoms with Gasteiger partial charge in [0.1, 0.15) is 6.10 Å². The molecule has 1 aromatic carbocycles. The molecule has 0 aliphatic heterocycles. The Hall–Kier alpha value is -1.29. The third kappa shape index (κ3) is 3.13. The zero-order chi connectivity index (χ0) is 13.7. The van der Waals surface area contributed by atoms with Crippen molar-refractivity contribution < 1.29 is 20.1 Å². The summed E-state index contributed by atoms with van der Waals surface area (Å²) in [5.41, 5.74) is 0.323. The second kappa shape index (κ2) is 6.59. The lowest BCUT2D eigenvalue weighted by Gasteiger charge is -2.19. The van der Waals surface area contributed by atoms with Gasteiger partial charge in [-0.2, -0.15) is 5.26 Å². The standard InChI is InChI=1S/C12H14BrNO4/c1-18-10-5-7(6-14)4-8(12(10)17)11(16)9(15)2-3-13/h4-5,9,11,15-17H,2-3H2,1H3. The molecule has 0 saturated heterocycles. The van der Waals surface area contributed by atoms with Crippen LogP contribution in [0, 0.1) is 11.3 Å². The smallest absolute Gasteiger partial charge is 0.163 e. The van der Waals surface area contributed by atoms with E-state index in [0.717, 1.165) is 0 Å². The van der Waals surface area contributed by atoms with Gasteiger partial charge in [0.05, 0.1) is 24.8 Å². The highest BCUT2D eigenvalue weighted by Crippen LogP contribution is 2.36. The molecule has 0 aliphatic rings. The van der Waals surface area contributed by atoms with Crippen LogP contribution >= 0.6 is 15.9 Å². The molecule has 1 rings (SSSR count). The van der Waals surface area contributed by atoms with Crippen molar-refractivity contribution in [2.45, 2.75) is 18.6 Å². The van der Waals surface area contributed by atoms with E-state index in [4.69, 9.17) is 10.00 Å². The van der Waals surface area contributed by atoms with E-state index in [2.05, 4.69) is 15.9 Å². The van der Waals surface area contributed by atoms with Gasteiger partial charge in [-0.1, -0.05) is 15.9 Å². The lowest BCUT2D eigenvalue weighted by Crippen LogP contribution is -2.19. The average molecular weight is 316 g/mol. The van der Waals surface area contributed by atoms with Crippen molar-refractivity contribution in [1.82, 2.24) is 0 Å². The molecule has 0 aromatic heterocycles. The van der Waals surface area contributed by atoms with E-state index in [-0.39, 0.29) is 22.6 Å². The van der Waals surface area contributed by atoms with Gasteiger partial charge in [-0.15, -0.1) is 0 Å². The van der Waals surface area contributed by atoms with Gasteiger partial charge in [-0.25, -0.2) is 0 Å². The molecule has 0 aliphatic carbocycles. The van der Waals surface area contributed by atoms with Crippen LogP contribution < -0.4 is 4.74 Å². The van der Waals surface area contributed by atoms with Gasteiger partial charge in [0, 0.05) is 17.0 Å². The number of phenols is 1. The van der Waals surface area contributed by atoms with Gasteiger partial charge in [0.15, 0.2) is 11.5 Å². The molecule has 98 valence electrons. The Kier molecular flexibility index (Phi) is 5.41. The molecule has 2 unspecified atom stereocenters. The molecule has 0 amide bonds. The maximum absolute atomic E-state index is 9.95. The van der Waals surface area contributed by atoms with Crippen molar-refractivity contribution in [1.29, 1.82) is 5.26 Å². The first-order chi connectivity index (χ1) is 8.54. The first kappa shape index (κ1) is 14.8. The molecule has 0 heterocycles. The maximum atomic E-state index is 9.95. The van der Waals surface area contributed by atoms with Crippen LogP contribution in [0.2, 0.25) is 0 Å². The SMILES string of the molecule is COc1cc(C#N)cc(C(O)C(O)CCBr)c1O. The second-order valence-electron chi connectivity index (χ2n) is 3.72. The minimum atomic E-state index is -1.27. The topological polar surface area (TPSA) is 93.7 Å². The maximum Gasteiger partial charge on any atom is 0.163 e. The summed E-state index contributed by atoms with van der Waals surface area (Å²) in [5, 5.41) is 38.9. The van der Waals surface area contributed by atoms with Crippen molar-refractivity contribution in [2.24, 2.45) is 0 Å². The molecule has 1 aromatic rings. The largest absolute Gasteiger partial charge is 0.504 e. The summed E-state index contributed by atoms with van der Waals surface area (Å²) in [6.45, 7) is 0. The highest BCUT2D eigenvalue weighted by atomic mass is 79.9. The quantitative estimate of drug-likeness (QED) is 0.715. The van der Waals surface area contributed by atoms with E-state index in [9.17, 15) is 15.3 Å². The number of alkyl halides is 1. The lowest BCUT2D eigenvalue weighted by molar-refractivity contribution is 0.0158. The first-order valence-electron chi connectivity index (χ1n) is 5.28. The molecule has 0 fully saturated rings. The Labute approximate surface area is 113 Å². The highest BCUT2D eigenvalue weighted by Gasteiger charge is 2.23. The number of benzene rings is 1. The third-order valence-electron chi connectivity index (χ3n) is 2.54. The minimum Gasteiger partial charge on any atom is -0.504 e. The van der Waals surface area contributed by atoms with Crippen LogP contribution in [0.5, 0.6) is 11.5 Å². The van der Waals surface area contributed by atoms with E-state index in [1.807, 2.05) is 6.07 Å². The molecular formula is C12H14BrNO4. The molecule has 3 N–H and O–H groups in total. The molecular weight excluding hydrogens is 302 g/mol. The van der Waals surface area contributed by atoms with Crippen LogP contribution in [-0.4, -0.2) is 33.9 Å². The second-order valence-corrected chi connectivity index (χ2v) is 4.51. The number of aliphatic hydroxyl groups excluding tert-OH is 2. The number of methoxy groups -OCH3 is 1. The van der Waals surface area contributed by atoms with Gasteiger partial charge in [-0.3, -0.25) is 0 Å². The fraction of sp³-hybridized carbons (Fsp3) is 0.417. The van der Waals surface area contributed by atoms with Gasteiger partial charge in [0.2, 0.25) is 0 Å². The minimum absolute atomic E-state index is 0.0827. The van der Waals surface area contributed by atoms with E-state index >= 15 is 0 Å². The van der Waals surface area contributed by atoms with Gasteiger partial charge >= 0.3 is 0 Å². The fourth-order valence-electron chi connectivity index (χ4n) is 1.55. The zero-order valence-corrected chi connectivity index (χ0v) is 11.4. The zero-order valence-electron chi connectivity index (χ0n) is 9.80. The summed E-state index contributed by atoms with van der Waals surface area (Å²) in [6, 6.07) is 4.60. The van der Waals surface area contributed by atoms with Crippen molar-refractivity contribution in [3.05, 3.63) is 23.3 Å². The van der Waals surface area contributed by atoms with Crippen LogP contribution in [0.15, 0.2) is 12.1 Å². The van der Waals surface area contributed by atoms with Crippen molar-refractivity contribution in [3.63, 3.8) is 0 Å². The van der Waals surface area contributed by atoms with E-state index in [1.54, 1.807) is 0 Å². The number of nitriles is 1. The summed E-state index contributed by atoms with van der Waals surface area (Å²) < 4.78 is 4.91. The fourth-order valence-corrected chi connectivity index (χ4v) is 2.02. The number of hydrogen-bond acceptors (Lipinski definition) is 5. The number of nitrogens with zero attached hydrogens (tertiary/aromatic N) is 1.